The number of rotatable bonds is 4. The number of nitrogens with one attached hydrogen (secondary N) is 2. The molecule has 2 saturated heterocycles. The standard InChI is InChI=1S/C19H31N3.2ClH/c1-15-10-16(2)12-19(11-15)22-8-5-18(6-9-22)21-14-17-4-3-7-20-13-17;;/h10-12,17-18,20-21H,3-9,13-14H2,1-2H3;2*1H. The Morgan fingerprint density at radius 2 is 1.71 bits per heavy atom. The molecule has 1 unspecified atom stereocenters. The normalized spacial score (nSPS) is 21.8. The molecule has 1 aromatic rings. The molecule has 0 spiro atoms. The Bertz CT molecular complexity index is 461. The second kappa shape index (κ2) is 10.5. The van der Waals surface area contributed by atoms with Crippen molar-refractivity contribution in [2.75, 3.05) is 37.6 Å². The summed E-state index contributed by atoms with van der Waals surface area (Å²) in [5.74, 6) is 0.839. The molecule has 1 atom stereocenters. The van der Waals surface area contributed by atoms with E-state index in [1.807, 2.05) is 0 Å². The SMILES string of the molecule is Cc1cc(C)cc(N2CCC(NCC3CCCNC3)CC2)c1.Cl.Cl. The summed E-state index contributed by atoms with van der Waals surface area (Å²) in [6.07, 6.45) is 5.28. The van der Waals surface area contributed by atoms with E-state index >= 15 is 0 Å². The van der Waals surface area contributed by atoms with E-state index in [1.165, 1.54) is 75.2 Å². The number of anilines is 1. The number of hydrogen-bond acceptors (Lipinski definition) is 3. The number of nitrogens with zero attached hydrogens (tertiary/aromatic N) is 1. The molecule has 0 aromatic heterocycles. The van der Waals surface area contributed by atoms with Crippen LogP contribution in [0.15, 0.2) is 18.2 Å². The predicted octanol–water partition coefficient (Wildman–Crippen LogP) is 3.71. The molecule has 1 aromatic carbocycles. The molecule has 3 rings (SSSR count). The largest absolute Gasteiger partial charge is 0.371 e. The Labute approximate surface area is 159 Å². The van der Waals surface area contributed by atoms with Gasteiger partial charge in [0.25, 0.3) is 0 Å². The highest BCUT2D eigenvalue weighted by Crippen LogP contribution is 2.23. The van der Waals surface area contributed by atoms with Crippen molar-refractivity contribution in [1.29, 1.82) is 0 Å². The summed E-state index contributed by atoms with van der Waals surface area (Å²) >= 11 is 0. The average molecular weight is 374 g/mol. The molecule has 2 N–H and O–H groups in total. The van der Waals surface area contributed by atoms with Crippen molar-refractivity contribution in [1.82, 2.24) is 10.6 Å². The van der Waals surface area contributed by atoms with Crippen molar-refractivity contribution in [3.8, 4) is 0 Å². The van der Waals surface area contributed by atoms with E-state index < -0.39 is 0 Å². The maximum atomic E-state index is 3.82. The van der Waals surface area contributed by atoms with Crippen LogP contribution in [0.1, 0.15) is 36.8 Å². The van der Waals surface area contributed by atoms with Gasteiger partial charge in [0.05, 0.1) is 0 Å². The maximum absolute atomic E-state index is 3.82. The molecule has 0 saturated carbocycles. The Hall–Kier alpha value is -0.480. The highest BCUT2D eigenvalue weighted by atomic mass is 35.5. The highest BCUT2D eigenvalue weighted by molar-refractivity contribution is 5.85. The van der Waals surface area contributed by atoms with Crippen molar-refractivity contribution >= 4 is 30.5 Å². The van der Waals surface area contributed by atoms with Gasteiger partial charge in [-0.15, -0.1) is 24.8 Å². The molecular formula is C19H33Cl2N3. The quantitative estimate of drug-likeness (QED) is 0.842. The minimum Gasteiger partial charge on any atom is -0.371 e. The molecule has 5 heteroatoms. The molecule has 2 heterocycles. The van der Waals surface area contributed by atoms with E-state index in [-0.39, 0.29) is 24.8 Å². The van der Waals surface area contributed by atoms with Gasteiger partial charge in [0.1, 0.15) is 0 Å². The van der Waals surface area contributed by atoms with Gasteiger partial charge in [0.15, 0.2) is 0 Å². The van der Waals surface area contributed by atoms with E-state index in [0.717, 1.165) is 5.92 Å². The van der Waals surface area contributed by atoms with Crippen LogP contribution in [0.2, 0.25) is 0 Å². The summed E-state index contributed by atoms with van der Waals surface area (Å²) in [4.78, 5) is 2.56. The third-order valence-corrected chi connectivity index (χ3v) is 5.16. The lowest BCUT2D eigenvalue weighted by Crippen LogP contribution is -2.45. The second-order valence-electron chi connectivity index (χ2n) is 7.23. The first-order chi connectivity index (χ1) is 10.7. The van der Waals surface area contributed by atoms with Gasteiger partial charge in [-0.2, -0.15) is 0 Å². The molecule has 0 radical (unpaired) electrons. The smallest absolute Gasteiger partial charge is 0.0371 e. The summed E-state index contributed by atoms with van der Waals surface area (Å²) in [7, 11) is 0. The molecular weight excluding hydrogens is 341 g/mol. The average Bonchev–Trinajstić information content (AvgIpc) is 2.53. The maximum Gasteiger partial charge on any atom is 0.0371 e. The topological polar surface area (TPSA) is 27.3 Å². The van der Waals surface area contributed by atoms with E-state index in [2.05, 4.69) is 47.6 Å². The number of aryl methyl sites for hydroxylation is 2. The molecule has 138 valence electrons. The van der Waals surface area contributed by atoms with E-state index in [0.29, 0.717) is 6.04 Å². The van der Waals surface area contributed by atoms with E-state index in [1.54, 1.807) is 0 Å². The van der Waals surface area contributed by atoms with Crippen LogP contribution < -0.4 is 15.5 Å². The lowest BCUT2D eigenvalue weighted by atomic mass is 9.98. The molecule has 2 aliphatic heterocycles. The Morgan fingerprint density at radius 3 is 2.29 bits per heavy atom. The van der Waals surface area contributed by atoms with Gasteiger partial charge in [-0.3, -0.25) is 0 Å². The zero-order chi connectivity index (χ0) is 15.4. The van der Waals surface area contributed by atoms with E-state index in [9.17, 15) is 0 Å². The van der Waals surface area contributed by atoms with Gasteiger partial charge >= 0.3 is 0 Å². The van der Waals surface area contributed by atoms with Crippen LogP contribution in [-0.2, 0) is 0 Å². The van der Waals surface area contributed by atoms with Crippen LogP contribution >= 0.6 is 24.8 Å². The first-order valence-electron chi connectivity index (χ1n) is 8.98. The number of benzene rings is 1. The fourth-order valence-corrected chi connectivity index (χ4v) is 3.91. The Balaban J connectivity index is 0.00000144. The van der Waals surface area contributed by atoms with Crippen LogP contribution in [0, 0.1) is 19.8 Å². The van der Waals surface area contributed by atoms with Crippen molar-refractivity contribution in [3.63, 3.8) is 0 Å². The van der Waals surface area contributed by atoms with Gasteiger partial charge in [-0.25, -0.2) is 0 Å². The van der Waals surface area contributed by atoms with Gasteiger partial charge < -0.3 is 15.5 Å². The third-order valence-electron chi connectivity index (χ3n) is 5.16. The fourth-order valence-electron chi connectivity index (χ4n) is 3.91. The lowest BCUT2D eigenvalue weighted by molar-refractivity contribution is 0.324. The van der Waals surface area contributed by atoms with Crippen LogP contribution in [-0.4, -0.2) is 38.8 Å². The minimum absolute atomic E-state index is 0. The number of halogens is 2. The highest BCUT2D eigenvalue weighted by Gasteiger charge is 2.21. The molecule has 3 nitrogen and oxygen atoms in total. The summed E-state index contributed by atoms with van der Waals surface area (Å²) in [6, 6.07) is 7.63. The molecule has 2 aliphatic rings. The Morgan fingerprint density at radius 1 is 1.04 bits per heavy atom. The van der Waals surface area contributed by atoms with Crippen molar-refractivity contribution in [2.45, 2.75) is 45.6 Å². The lowest BCUT2D eigenvalue weighted by Gasteiger charge is -2.35. The summed E-state index contributed by atoms with van der Waals surface area (Å²) in [5, 5.41) is 7.33. The zero-order valence-corrected chi connectivity index (χ0v) is 16.6. The summed E-state index contributed by atoms with van der Waals surface area (Å²) in [5.41, 5.74) is 4.16. The van der Waals surface area contributed by atoms with Gasteiger partial charge in [-0.1, -0.05) is 6.07 Å². The first kappa shape index (κ1) is 21.6. The molecule has 2 fully saturated rings. The van der Waals surface area contributed by atoms with Crippen LogP contribution in [0.3, 0.4) is 0 Å². The van der Waals surface area contributed by atoms with Gasteiger partial charge in [0, 0.05) is 24.8 Å². The van der Waals surface area contributed by atoms with E-state index in [4.69, 9.17) is 0 Å². The predicted molar refractivity (Wildman–Crippen MR) is 109 cm³/mol. The summed E-state index contributed by atoms with van der Waals surface area (Å²) < 4.78 is 0. The number of piperidine rings is 2. The third kappa shape index (κ3) is 6.11. The van der Waals surface area contributed by atoms with Gasteiger partial charge in [-0.05, 0) is 88.3 Å². The fraction of sp³-hybridized carbons (Fsp3) is 0.684. The molecule has 0 amide bonds. The molecule has 0 aliphatic carbocycles. The van der Waals surface area contributed by atoms with Crippen molar-refractivity contribution < 1.29 is 0 Å². The number of hydrogen-bond donors (Lipinski definition) is 2. The van der Waals surface area contributed by atoms with Gasteiger partial charge in [0.2, 0.25) is 0 Å². The minimum atomic E-state index is 0. The van der Waals surface area contributed by atoms with Crippen LogP contribution in [0.5, 0.6) is 0 Å². The monoisotopic (exact) mass is 373 g/mol. The summed E-state index contributed by atoms with van der Waals surface area (Å²) in [6.45, 7) is 10.4. The van der Waals surface area contributed by atoms with Crippen LogP contribution in [0.4, 0.5) is 5.69 Å². The Kier molecular flexibility index (Phi) is 9.43. The van der Waals surface area contributed by atoms with Crippen molar-refractivity contribution in [3.05, 3.63) is 29.3 Å². The molecule has 24 heavy (non-hydrogen) atoms. The van der Waals surface area contributed by atoms with Crippen molar-refractivity contribution in [2.24, 2.45) is 5.92 Å². The first-order valence-corrected chi connectivity index (χ1v) is 8.98. The zero-order valence-electron chi connectivity index (χ0n) is 15.0. The van der Waals surface area contributed by atoms with Crippen LogP contribution in [0.25, 0.3) is 0 Å². The second-order valence-corrected chi connectivity index (χ2v) is 7.23. The molecule has 0 bridgehead atoms.